The molecule has 0 aliphatic rings. The largest absolute Gasteiger partial charge is 0.362 e. The Morgan fingerprint density at radius 2 is 1.95 bits per heavy atom. The standard InChI is InChI=1S/C16H16BrFN2S2/c17-14-10-13(18)6-7-15(14)20-16(21)19-8-9-22-11-12-4-2-1-3-5-12/h1-7,10H,8-9,11H2,(H2,19,20,21). The second-order valence-corrected chi connectivity index (χ2v) is 6.91. The van der Waals surface area contributed by atoms with Crippen molar-refractivity contribution in [3.63, 3.8) is 0 Å². The SMILES string of the molecule is Fc1ccc(NC(=S)NCCSCc2ccccc2)c(Br)c1. The van der Waals surface area contributed by atoms with Crippen LogP contribution in [0.5, 0.6) is 0 Å². The maximum absolute atomic E-state index is 13.0. The van der Waals surface area contributed by atoms with Crippen LogP contribution in [0.25, 0.3) is 0 Å². The van der Waals surface area contributed by atoms with Crippen molar-refractivity contribution < 1.29 is 4.39 Å². The van der Waals surface area contributed by atoms with Crippen molar-refractivity contribution in [1.82, 2.24) is 5.32 Å². The molecule has 0 atom stereocenters. The van der Waals surface area contributed by atoms with Gasteiger partial charge in [0.25, 0.3) is 0 Å². The lowest BCUT2D eigenvalue weighted by atomic mass is 10.2. The number of benzene rings is 2. The minimum atomic E-state index is -0.284. The molecule has 116 valence electrons. The number of rotatable bonds is 6. The third-order valence-corrected chi connectivity index (χ3v) is 4.76. The van der Waals surface area contributed by atoms with Gasteiger partial charge in [-0.15, -0.1) is 0 Å². The fourth-order valence-corrected chi connectivity index (χ4v) is 3.24. The summed E-state index contributed by atoms with van der Waals surface area (Å²) in [6.07, 6.45) is 0. The van der Waals surface area contributed by atoms with Crippen LogP contribution < -0.4 is 10.6 Å². The van der Waals surface area contributed by atoms with E-state index in [-0.39, 0.29) is 5.82 Å². The predicted molar refractivity (Wildman–Crippen MR) is 101 cm³/mol. The molecule has 0 aromatic heterocycles. The van der Waals surface area contributed by atoms with Crippen LogP contribution in [0.15, 0.2) is 53.0 Å². The summed E-state index contributed by atoms with van der Waals surface area (Å²) in [7, 11) is 0. The highest BCUT2D eigenvalue weighted by Gasteiger charge is 2.03. The van der Waals surface area contributed by atoms with E-state index in [0.717, 1.165) is 23.7 Å². The molecule has 22 heavy (non-hydrogen) atoms. The van der Waals surface area contributed by atoms with Gasteiger partial charge in [-0.2, -0.15) is 11.8 Å². The van der Waals surface area contributed by atoms with Gasteiger partial charge in [-0.3, -0.25) is 0 Å². The second kappa shape index (κ2) is 9.12. The van der Waals surface area contributed by atoms with Gasteiger partial charge in [-0.05, 0) is 51.9 Å². The zero-order valence-electron chi connectivity index (χ0n) is 11.8. The number of hydrogen-bond acceptors (Lipinski definition) is 2. The first-order chi connectivity index (χ1) is 10.6. The van der Waals surface area contributed by atoms with E-state index in [1.807, 2.05) is 30.0 Å². The molecule has 2 rings (SSSR count). The maximum Gasteiger partial charge on any atom is 0.170 e. The molecule has 0 unspecified atom stereocenters. The molecule has 0 saturated carbocycles. The van der Waals surface area contributed by atoms with Crippen molar-refractivity contribution in [3.05, 3.63) is 64.4 Å². The van der Waals surface area contributed by atoms with Crippen LogP contribution in [-0.2, 0) is 5.75 Å². The fourth-order valence-electron chi connectivity index (χ4n) is 1.76. The van der Waals surface area contributed by atoms with Crippen molar-refractivity contribution in [2.24, 2.45) is 0 Å². The highest BCUT2D eigenvalue weighted by atomic mass is 79.9. The third-order valence-electron chi connectivity index (χ3n) is 2.82. The average molecular weight is 399 g/mol. The summed E-state index contributed by atoms with van der Waals surface area (Å²) >= 11 is 10.4. The van der Waals surface area contributed by atoms with E-state index in [1.165, 1.54) is 17.7 Å². The molecule has 2 N–H and O–H groups in total. The number of anilines is 1. The number of nitrogens with one attached hydrogen (secondary N) is 2. The normalized spacial score (nSPS) is 10.3. The zero-order chi connectivity index (χ0) is 15.8. The van der Waals surface area contributed by atoms with Crippen molar-refractivity contribution in [3.8, 4) is 0 Å². The first-order valence-corrected chi connectivity index (χ1v) is 9.12. The number of halogens is 2. The van der Waals surface area contributed by atoms with E-state index >= 15 is 0 Å². The summed E-state index contributed by atoms with van der Waals surface area (Å²) in [4.78, 5) is 0. The van der Waals surface area contributed by atoms with Crippen LogP contribution in [0.2, 0.25) is 0 Å². The molecule has 0 bridgehead atoms. The Balaban J connectivity index is 1.65. The lowest BCUT2D eigenvalue weighted by Crippen LogP contribution is -2.30. The Labute approximate surface area is 148 Å². The van der Waals surface area contributed by atoms with Crippen LogP contribution in [0.4, 0.5) is 10.1 Å². The highest BCUT2D eigenvalue weighted by Crippen LogP contribution is 2.22. The molecule has 2 nitrogen and oxygen atoms in total. The molecule has 0 amide bonds. The summed E-state index contributed by atoms with van der Waals surface area (Å²) in [5.74, 6) is 1.67. The Morgan fingerprint density at radius 1 is 1.18 bits per heavy atom. The minimum Gasteiger partial charge on any atom is -0.362 e. The summed E-state index contributed by atoms with van der Waals surface area (Å²) in [6.45, 7) is 0.780. The minimum absolute atomic E-state index is 0.284. The average Bonchev–Trinajstić information content (AvgIpc) is 2.51. The Bertz CT molecular complexity index is 623. The summed E-state index contributed by atoms with van der Waals surface area (Å²) < 4.78 is 13.7. The van der Waals surface area contributed by atoms with E-state index in [1.54, 1.807) is 6.07 Å². The predicted octanol–water partition coefficient (Wildman–Crippen LogP) is 4.81. The van der Waals surface area contributed by atoms with E-state index in [4.69, 9.17) is 12.2 Å². The molecule has 2 aromatic rings. The van der Waals surface area contributed by atoms with Gasteiger partial charge in [0.1, 0.15) is 5.82 Å². The molecular formula is C16H16BrFN2S2. The van der Waals surface area contributed by atoms with Gasteiger partial charge in [-0.1, -0.05) is 30.3 Å². The number of thioether (sulfide) groups is 1. The van der Waals surface area contributed by atoms with Gasteiger partial charge in [0, 0.05) is 22.5 Å². The highest BCUT2D eigenvalue weighted by molar-refractivity contribution is 9.10. The van der Waals surface area contributed by atoms with Gasteiger partial charge in [0.2, 0.25) is 0 Å². The summed E-state index contributed by atoms with van der Waals surface area (Å²) in [6, 6.07) is 14.8. The lowest BCUT2D eigenvalue weighted by molar-refractivity contribution is 0.627. The zero-order valence-corrected chi connectivity index (χ0v) is 15.0. The fraction of sp³-hybridized carbons (Fsp3) is 0.188. The quantitative estimate of drug-likeness (QED) is 0.538. The van der Waals surface area contributed by atoms with Gasteiger partial charge >= 0.3 is 0 Å². The van der Waals surface area contributed by atoms with Crippen LogP contribution in [0.1, 0.15) is 5.56 Å². The molecular weight excluding hydrogens is 383 g/mol. The van der Waals surface area contributed by atoms with Crippen molar-refractivity contribution in [1.29, 1.82) is 0 Å². The first kappa shape index (κ1) is 17.2. The Hall–Kier alpha value is -1.11. The molecule has 0 spiro atoms. The van der Waals surface area contributed by atoms with Crippen LogP contribution in [0, 0.1) is 5.82 Å². The lowest BCUT2D eigenvalue weighted by Gasteiger charge is -2.11. The number of thiocarbonyl (C=S) groups is 1. The molecule has 0 heterocycles. The van der Waals surface area contributed by atoms with Crippen LogP contribution in [0.3, 0.4) is 0 Å². The maximum atomic E-state index is 13.0. The molecule has 6 heteroatoms. The van der Waals surface area contributed by atoms with Crippen LogP contribution in [-0.4, -0.2) is 17.4 Å². The van der Waals surface area contributed by atoms with Gasteiger partial charge in [0.15, 0.2) is 5.11 Å². The van der Waals surface area contributed by atoms with Gasteiger partial charge in [-0.25, -0.2) is 4.39 Å². The first-order valence-electron chi connectivity index (χ1n) is 6.77. The topological polar surface area (TPSA) is 24.1 Å². The van der Waals surface area contributed by atoms with E-state index in [0.29, 0.717) is 9.59 Å². The molecule has 0 saturated heterocycles. The smallest absolute Gasteiger partial charge is 0.170 e. The van der Waals surface area contributed by atoms with E-state index in [9.17, 15) is 4.39 Å². The summed E-state index contributed by atoms with van der Waals surface area (Å²) in [5.41, 5.74) is 2.07. The molecule has 0 aliphatic heterocycles. The van der Waals surface area contributed by atoms with E-state index < -0.39 is 0 Å². The Kier molecular flexibility index (Phi) is 7.15. The van der Waals surface area contributed by atoms with Crippen molar-refractivity contribution >= 4 is 50.7 Å². The Morgan fingerprint density at radius 3 is 2.68 bits per heavy atom. The molecule has 0 fully saturated rings. The molecule has 0 radical (unpaired) electrons. The van der Waals surface area contributed by atoms with Gasteiger partial charge in [0.05, 0.1) is 5.69 Å². The van der Waals surface area contributed by atoms with E-state index in [2.05, 4.69) is 38.7 Å². The third kappa shape index (κ3) is 5.94. The van der Waals surface area contributed by atoms with Crippen molar-refractivity contribution in [2.45, 2.75) is 5.75 Å². The number of hydrogen-bond donors (Lipinski definition) is 2. The van der Waals surface area contributed by atoms with Crippen LogP contribution >= 0.6 is 39.9 Å². The van der Waals surface area contributed by atoms with Gasteiger partial charge < -0.3 is 10.6 Å². The monoisotopic (exact) mass is 398 g/mol. The van der Waals surface area contributed by atoms with Crippen molar-refractivity contribution in [2.75, 3.05) is 17.6 Å². The molecule has 0 aliphatic carbocycles. The summed E-state index contributed by atoms with van der Waals surface area (Å²) in [5, 5.41) is 6.72. The molecule has 2 aromatic carbocycles. The second-order valence-electron chi connectivity index (χ2n) is 4.54.